The summed E-state index contributed by atoms with van der Waals surface area (Å²) in [5.41, 5.74) is 1.17. The molecule has 0 spiro atoms. The van der Waals surface area contributed by atoms with Crippen molar-refractivity contribution in [2.24, 2.45) is 0 Å². The van der Waals surface area contributed by atoms with Gasteiger partial charge in [-0.1, -0.05) is 47.5 Å². The molecule has 3 aromatic rings. The normalized spacial score (nSPS) is 13.0. The number of para-hydroxylation sites is 1. The number of aromatic nitrogens is 3. The molecule has 0 aliphatic rings. The number of aryl methyl sites for hydroxylation is 2. The maximum atomic E-state index is 12.7. The number of anilines is 1. The number of aliphatic carboxylic acids is 1. The quantitative estimate of drug-likeness (QED) is 0.701. The largest absolute Gasteiger partial charge is 0.479 e. The fraction of sp³-hybridized carbons (Fsp3) is 0.200. The zero-order chi connectivity index (χ0) is 19.4. The molecule has 0 saturated heterocycles. The Morgan fingerprint density at radius 1 is 1.11 bits per heavy atom. The molecule has 1 atom stereocenters. The zero-order valence-electron chi connectivity index (χ0n) is 15.1. The molecular formula is C20H20N4O3. The van der Waals surface area contributed by atoms with E-state index in [0.29, 0.717) is 11.3 Å². The number of hydrogen-bond acceptors (Lipinski definition) is 4. The second kappa shape index (κ2) is 7.41. The van der Waals surface area contributed by atoms with E-state index in [1.165, 1.54) is 17.3 Å². The van der Waals surface area contributed by atoms with Crippen molar-refractivity contribution in [2.45, 2.75) is 25.8 Å². The molecule has 27 heavy (non-hydrogen) atoms. The maximum absolute atomic E-state index is 12.7. The molecule has 1 amide bonds. The van der Waals surface area contributed by atoms with Gasteiger partial charge in [0.1, 0.15) is 12.7 Å². The summed E-state index contributed by atoms with van der Waals surface area (Å²) in [4.78, 5) is 29.1. The summed E-state index contributed by atoms with van der Waals surface area (Å²) in [6.07, 6.45) is 2.25. The van der Waals surface area contributed by atoms with Crippen LogP contribution in [-0.2, 0) is 15.1 Å². The van der Waals surface area contributed by atoms with E-state index in [1.807, 2.05) is 26.0 Å². The van der Waals surface area contributed by atoms with Crippen molar-refractivity contribution in [1.29, 1.82) is 0 Å². The highest BCUT2D eigenvalue weighted by atomic mass is 16.4. The van der Waals surface area contributed by atoms with Gasteiger partial charge >= 0.3 is 5.97 Å². The summed E-state index contributed by atoms with van der Waals surface area (Å²) >= 11 is 0. The molecule has 2 aromatic carbocycles. The molecular weight excluding hydrogens is 344 g/mol. The van der Waals surface area contributed by atoms with Crippen LogP contribution in [0.1, 0.15) is 23.1 Å². The average molecular weight is 364 g/mol. The number of carboxylic acids is 1. The van der Waals surface area contributed by atoms with E-state index in [4.69, 9.17) is 0 Å². The minimum absolute atomic E-state index is 0.330. The van der Waals surface area contributed by atoms with Gasteiger partial charge in [0.25, 0.3) is 0 Å². The summed E-state index contributed by atoms with van der Waals surface area (Å²) in [5.74, 6) is -1.61. The number of carboxylic acid groups (broad SMARTS) is 1. The van der Waals surface area contributed by atoms with Gasteiger partial charge in [0.2, 0.25) is 5.91 Å². The summed E-state index contributed by atoms with van der Waals surface area (Å²) in [6, 6.07) is 14.4. The second-order valence-electron chi connectivity index (χ2n) is 6.47. The minimum Gasteiger partial charge on any atom is -0.479 e. The Hall–Kier alpha value is -3.48. The standard InChI is InChI=1S/C20H20N4O3/c1-14-8-15(2)10-16(9-14)20(19(26)27,24-13-21-12-22-24)11-18(25)23-17-6-4-3-5-7-17/h3-10,12-13H,11H2,1-2H3,(H,23,25)(H,26,27). The molecule has 0 saturated carbocycles. The molecule has 0 aliphatic heterocycles. The van der Waals surface area contributed by atoms with Crippen molar-refractivity contribution in [1.82, 2.24) is 14.8 Å². The van der Waals surface area contributed by atoms with E-state index in [0.717, 1.165) is 11.1 Å². The lowest BCUT2D eigenvalue weighted by molar-refractivity contribution is -0.147. The third-order valence-corrected chi connectivity index (χ3v) is 4.34. The third-order valence-electron chi connectivity index (χ3n) is 4.34. The van der Waals surface area contributed by atoms with Crippen molar-refractivity contribution >= 4 is 17.6 Å². The summed E-state index contributed by atoms with van der Waals surface area (Å²) in [5, 5.41) is 17.0. The first-order chi connectivity index (χ1) is 12.9. The van der Waals surface area contributed by atoms with Crippen LogP contribution in [0.4, 0.5) is 5.69 Å². The molecule has 3 rings (SSSR count). The number of amides is 1. The minimum atomic E-state index is -1.70. The summed E-state index contributed by atoms with van der Waals surface area (Å²) in [6.45, 7) is 3.77. The second-order valence-corrected chi connectivity index (χ2v) is 6.47. The number of hydrogen-bond donors (Lipinski definition) is 2. The van der Waals surface area contributed by atoms with Gasteiger partial charge in [0.05, 0.1) is 6.42 Å². The van der Waals surface area contributed by atoms with Crippen LogP contribution in [0, 0.1) is 13.8 Å². The number of benzene rings is 2. The Morgan fingerprint density at radius 3 is 2.33 bits per heavy atom. The van der Waals surface area contributed by atoms with E-state index in [-0.39, 0.29) is 6.42 Å². The van der Waals surface area contributed by atoms with Crippen LogP contribution >= 0.6 is 0 Å². The fourth-order valence-electron chi connectivity index (χ4n) is 3.19. The molecule has 0 bridgehead atoms. The molecule has 7 heteroatoms. The van der Waals surface area contributed by atoms with E-state index in [9.17, 15) is 14.7 Å². The number of carbonyl (C=O) groups excluding carboxylic acids is 1. The van der Waals surface area contributed by atoms with E-state index in [1.54, 1.807) is 36.4 Å². The van der Waals surface area contributed by atoms with Crippen LogP contribution in [0.3, 0.4) is 0 Å². The van der Waals surface area contributed by atoms with Crippen LogP contribution in [0.25, 0.3) is 0 Å². The first-order valence-electron chi connectivity index (χ1n) is 8.44. The highest BCUT2D eigenvalue weighted by Crippen LogP contribution is 2.32. The lowest BCUT2D eigenvalue weighted by Gasteiger charge is -2.30. The molecule has 1 heterocycles. The van der Waals surface area contributed by atoms with Gasteiger partial charge in [-0.3, -0.25) is 4.79 Å². The van der Waals surface area contributed by atoms with E-state index in [2.05, 4.69) is 15.4 Å². The molecule has 0 aliphatic carbocycles. The first-order valence-corrected chi connectivity index (χ1v) is 8.44. The molecule has 2 N–H and O–H groups in total. The fourth-order valence-corrected chi connectivity index (χ4v) is 3.19. The van der Waals surface area contributed by atoms with Crippen molar-refractivity contribution < 1.29 is 14.7 Å². The predicted octanol–water partition coefficient (Wildman–Crippen LogP) is 2.75. The van der Waals surface area contributed by atoms with Crippen LogP contribution < -0.4 is 5.32 Å². The lowest BCUT2D eigenvalue weighted by Crippen LogP contribution is -2.46. The zero-order valence-corrected chi connectivity index (χ0v) is 15.1. The monoisotopic (exact) mass is 364 g/mol. The van der Waals surface area contributed by atoms with Gasteiger partial charge in [-0.05, 0) is 31.5 Å². The topological polar surface area (TPSA) is 97.1 Å². The molecule has 1 aromatic heterocycles. The first kappa shape index (κ1) is 18.3. The molecule has 0 fully saturated rings. The summed E-state index contributed by atoms with van der Waals surface area (Å²) in [7, 11) is 0. The predicted molar refractivity (Wildman–Crippen MR) is 100 cm³/mol. The van der Waals surface area contributed by atoms with Crippen LogP contribution in [0.15, 0.2) is 61.2 Å². The maximum Gasteiger partial charge on any atom is 0.336 e. The van der Waals surface area contributed by atoms with Crippen LogP contribution in [-0.4, -0.2) is 31.7 Å². The van der Waals surface area contributed by atoms with Gasteiger partial charge in [-0.15, -0.1) is 0 Å². The highest BCUT2D eigenvalue weighted by Gasteiger charge is 2.45. The van der Waals surface area contributed by atoms with Crippen molar-refractivity contribution in [2.75, 3.05) is 5.32 Å². The number of nitrogens with zero attached hydrogens (tertiary/aromatic N) is 3. The third kappa shape index (κ3) is 3.72. The van der Waals surface area contributed by atoms with Gasteiger partial charge in [-0.2, -0.15) is 5.10 Å². The Balaban J connectivity index is 2.07. The smallest absolute Gasteiger partial charge is 0.336 e. The van der Waals surface area contributed by atoms with E-state index >= 15 is 0 Å². The van der Waals surface area contributed by atoms with Crippen LogP contribution in [0.2, 0.25) is 0 Å². The van der Waals surface area contributed by atoms with Crippen molar-refractivity contribution in [3.8, 4) is 0 Å². The molecule has 1 unspecified atom stereocenters. The molecule has 0 radical (unpaired) electrons. The number of nitrogens with one attached hydrogen (secondary N) is 1. The molecule has 7 nitrogen and oxygen atoms in total. The Kier molecular flexibility index (Phi) is 5.03. The Labute approximate surface area is 156 Å². The SMILES string of the molecule is Cc1cc(C)cc(C(CC(=O)Nc2ccccc2)(C(=O)O)n2cncn2)c1. The molecule has 138 valence electrons. The Morgan fingerprint density at radius 2 is 1.78 bits per heavy atom. The van der Waals surface area contributed by atoms with Gasteiger partial charge in [0, 0.05) is 5.69 Å². The van der Waals surface area contributed by atoms with Crippen molar-refractivity contribution in [3.63, 3.8) is 0 Å². The van der Waals surface area contributed by atoms with Gasteiger partial charge in [-0.25, -0.2) is 14.5 Å². The summed E-state index contributed by atoms with van der Waals surface area (Å²) < 4.78 is 1.23. The van der Waals surface area contributed by atoms with Gasteiger partial charge < -0.3 is 10.4 Å². The highest BCUT2D eigenvalue weighted by molar-refractivity contribution is 5.96. The number of carbonyl (C=O) groups is 2. The Bertz CT molecular complexity index is 934. The van der Waals surface area contributed by atoms with E-state index < -0.39 is 17.4 Å². The average Bonchev–Trinajstić information content (AvgIpc) is 3.14. The number of rotatable bonds is 6. The van der Waals surface area contributed by atoms with Crippen LogP contribution in [0.5, 0.6) is 0 Å². The van der Waals surface area contributed by atoms with Crippen molar-refractivity contribution in [3.05, 3.63) is 77.9 Å². The van der Waals surface area contributed by atoms with Gasteiger partial charge in [0.15, 0.2) is 5.54 Å². The lowest BCUT2D eigenvalue weighted by atomic mass is 9.84.